The number of nitrogen functional groups attached to an aromatic ring is 1. The van der Waals surface area contributed by atoms with Crippen molar-refractivity contribution in [2.45, 2.75) is 12.6 Å². The maximum Gasteiger partial charge on any atom is 0.416 e. The quantitative estimate of drug-likeness (QED) is 0.807. The molecule has 1 aromatic rings. The van der Waals surface area contributed by atoms with Crippen LogP contribution < -0.4 is 10.6 Å². The van der Waals surface area contributed by atoms with Crippen LogP contribution in [0.25, 0.3) is 0 Å². The Bertz CT molecular complexity index is 510. The molecule has 0 aliphatic rings. The van der Waals surface area contributed by atoms with E-state index in [9.17, 15) is 18.0 Å². The van der Waals surface area contributed by atoms with Gasteiger partial charge in [-0.25, -0.2) is 4.79 Å². The van der Waals surface area contributed by atoms with Gasteiger partial charge < -0.3 is 15.7 Å². The standard InChI is InChI=1S/C13H18F3N3O2.ClH/c1-18(2)4-3-5-19(12(20)21)11-7-9(13(14,15)16)6-10(17)8-11;/h6-8H,3-5,17H2,1-2H3,(H,20,21);1H. The van der Waals surface area contributed by atoms with Crippen LogP contribution in [0.3, 0.4) is 0 Å². The number of halogens is 4. The molecule has 1 aromatic carbocycles. The van der Waals surface area contributed by atoms with E-state index >= 15 is 0 Å². The molecule has 3 N–H and O–H groups in total. The number of anilines is 2. The Morgan fingerprint density at radius 1 is 1.23 bits per heavy atom. The lowest BCUT2D eigenvalue weighted by atomic mass is 10.1. The second kappa shape index (κ2) is 8.09. The zero-order chi connectivity index (χ0) is 16.2. The highest BCUT2D eigenvalue weighted by atomic mass is 35.5. The molecule has 0 aliphatic heterocycles. The van der Waals surface area contributed by atoms with Gasteiger partial charge >= 0.3 is 12.3 Å². The van der Waals surface area contributed by atoms with Crippen LogP contribution in [-0.4, -0.2) is 43.3 Å². The molecule has 0 aliphatic carbocycles. The van der Waals surface area contributed by atoms with E-state index in [1.165, 1.54) is 6.07 Å². The summed E-state index contributed by atoms with van der Waals surface area (Å²) in [6.45, 7) is 0.715. The van der Waals surface area contributed by atoms with E-state index in [-0.39, 0.29) is 30.3 Å². The van der Waals surface area contributed by atoms with E-state index in [0.717, 1.165) is 17.0 Å². The molecule has 0 unspecified atom stereocenters. The molecule has 0 heterocycles. The molecule has 5 nitrogen and oxygen atoms in total. The Kier molecular flexibility index (Phi) is 7.48. The van der Waals surface area contributed by atoms with E-state index in [1.54, 1.807) is 0 Å². The highest BCUT2D eigenvalue weighted by Crippen LogP contribution is 2.33. The number of hydrogen-bond donors (Lipinski definition) is 2. The molecule has 0 bridgehead atoms. The maximum absolute atomic E-state index is 12.7. The highest BCUT2D eigenvalue weighted by Gasteiger charge is 2.32. The van der Waals surface area contributed by atoms with Gasteiger partial charge in [-0.3, -0.25) is 4.90 Å². The summed E-state index contributed by atoms with van der Waals surface area (Å²) in [7, 11) is 3.65. The zero-order valence-corrected chi connectivity index (χ0v) is 13.0. The van der Waals surface area contributed by atoms with Crippen molar-refractivity contribution in [1.29, 1.82) is 0 Å². The summed E-state index contributed by atoms with van der Waals surface area (Å²) in [5, 5.41) is 9.17. The lowest BCUT2D eigenvalue weighted by molar-refractivity contribution is -0.137. The predicted molar refractivity (Wildman–Crippen MR) is 81.6 cm³/mol. The third-order valence-electron chi connectivity index (χ3n) is 2.80. The van der Waals surface area contributed by atoms with Crippen molar-refractivity contribution in [3.63, 3.8) is 0 Å². The van der Waals surface area contributed by atoms with Gasteiger partial charge in [-0.1, -0.05) is 0 Å². The van der Waals surface area contributed by atoms with Gasteiger partial charge in [0.05, 0.1) is 5.56 Å². The minimum Gasteiger partial charge on any atom is -0.465 e. The fraction of sp³-hybridized carbons (Fsp3) is 0.462. The fourth-order valence-corrected chi connectivity index (χ4v) is 1.83. The Balaban J connectivity index is 0.00000441. The van der Waals surface area contributed by atoms with E-state index < -0.39 is 17.8 Å². The smallest absolute Gasteiger partial charge is 0.416 e. The van der Waals surface area contributed by atoms with Crippen molar-refractivity contribution in [1.82, 2.24) is 4.90 Å². The zero-order valence-electron chi connectivity index (χ0n) is 12.2. The van der Waals surface area contributed by atoms with Crippen molar-refractivity contribution in [2.75, 3.05) is 37.8 Å². The summed E-state index contributed by atoms with van der Waals surface area (Å²) in [6, 6.07) is 2.79. The van der Waals surface area contributed by atoms with Crippen LogP contribution >= 0.6 is 12.4 Å². The number of rotatable bonds is 5. The van der Waals surface area contributed by atoms with E-state index in [4.69, 9.17) is 10.8 Å². The molecule has 22 heavy (non-hydrogen) atoms. The molecule has 1 amide bonds. The number of nitrogens with zero attached hydrogens (tertiary/aromatic N) is 2. The normalized spacial score (nSPS) is 11.2. The van der Waals surface area contributed by atoms with Crippen LogP contribution in [-0.2, 0) is 6.18 Å². The maximum atomic E-state index is 12.7. The van der Waals surface area contributed by atoms with Gasteiger partial charge in [-0.05, 0) is 45.3 Å². The molecule has 0 spiro atoms. The second-order valence-corrected chi connectivity index (χ2v) is 4.90. The van der Waals surface area contributed by atoms with Crippen molar-refractivity contribution in [3.8, 4) is 0 Å². The third-order valence-corrected chi connectivity index (χ3v) is 2.80. The van der Waals surface area contributed by atoms with Gasteiger partial charge in [-0.2, -0.15) is 13.2 Å². The van der Waals surface area contributed by atoms with E-state index in [0.29, 0.717) is 13.0 Å². The molecule has 9 heteroatoms. The summed E-state index contributed by atoms with van der Waals surface area (Å²) in [5.41, 5.74) is 4.28. The minimum atomic E-state index is -4.57. The topological polar surface area (TPSA) is 69.8 Å². The van der Waals surface area contributed by atoms with E-state index in [2.05, 4.69) is 0 Å². The monoisotopic (exact) mass is 341 g/mol. The minimum absolute atomic E-state index is 0. The molecular formula is C13H19ClF3N3O2. The molecule has 1 rings (SSSR count). The van der Waals surface area contributed by atoms with Crippen LogP contribution in [0.2, 0.25) is 0 Å². The third kappa shape index (κ3) is 5.98. The first-order valence-electron chi connectivity index (χ1n) is 6.24. The number of hydrogen-bond acceptors (Lipinski definition) is 3. The number of carboxylic acid groups (broad SMARTS) is 1. The van der Waals surface area contributed by atoms with Gasteiger partial charge in [0.1, 0.15) is 0 Å². The van der Waals surface area contributed by atoms with Gasteiger partial charge in [0.2, 0.25) is 0 Å². The lowest BCUT2D eigenvalue weighted by Gasteiger charge is -2.22. The molecule has 0 saturated carbocycles. The van der Waals surface area contributed by atoms with Crippen LogP contribution in [0.5, 0.6) is 0 Å². The number of amides is 1. The fourth-order valence-electron chi connectivity index (χ4n) is 1.83. The molecule has 0 aromatic heterocycles. The second-order valence-electron chi connectivity index (χ2n) is 4.90. The van der Waals surface area contributed by atoms with Crippen molar-refractivity contribution in [2.24, 2.45) is 0 Å². The average Bonchev–Trinajstić information content (AvgIpc) is 2.31. The Morgan fingerprint density at radius 2 is 1.82 bits per heavy atom. The average molecular weight is 342 g/mol. The SMILES string of the molecule is CN(C)CCCN(C(=O)O)c1cc(N)cc(C(F)(F)F)c1.Cl. The summed E-state index contributed by atoms with van der Waals surface area (Å²) in [5.74, 6) is 0. The first kappa shape index (κ1) is 20.3. The van der Waals surface area contributed by atoms with Crippen LogP contribution in [0, 0.1) is 0 Å². The number of nitrogens with two attached hydrogens (primary N) is 1. The first-order valence-corrected chi connectivity index (χ1v) is 6.24. The highest BCUT2D eigenvalue weighted by molar-refractivity contribution is 5.87. The van der Waals surface area contributed by atoms with Crippen molar-refractivity contribution < 1.29 is 23.1 Å². The van der Waals surface area contributed by atoms with Crippen molar-refractivity contribution in [3.05, 3.63) is 23.8 Å². The largest absolute Gasteiger partial charge is 0.465 e. The molecule has 0 atom stereocenters. The van der Waals surface area contributed by atoms with Gasteiger partial charge in [0.25, 0.3) is 0 Å². The molecule has 0 saturated heterocycles. The van der Waals surface area contributed by atoms with Gasteiger partial charge in [-0.15, -0.1) is 12.4 Å². The molecule has 126 valence electrons. The Labute approximate surface area is 132 Å². The first-order chi connectivity index (χ1) is 9.61. The summed E-state index contributed by atoms with van der Waals surface area (Å²) in [4.78, 5) is 14.0. The summed E-state index contributed by atoms with van der Waals surface area (Å²) in [6.07, 6.45) is -5.39. The lowest BCUT2D eigenvalue weighted by Crippen LogP contribution is -2.32. The predicted octanol–water partition coefficient (Wildman–Crippen LogP) is 3.15. The van der Waals surface area contributed by atoms with Crippen LogP contribution in [0.1, 0.15) is 12.0 Å². The Morgan fingerprint density at radius 3 is 2.27 bits per heavy atom. The summed E-state index contributed by atoms with van der Waals surface area (Å²) < 4.78 is 38.2. The summed E-state index contributed by atoms with van der Waals surface area (Å²) >= 11 is 0. The van der Waals surface area contributed by atoms with Crippen molar-refractivity contribution >= 4 is 29.9 Å². The molecule has 0 radical (unpaired) electrons. The molecular weight excluding hydrogens is 323 g/mol. The Hall–Kier alpha value is -1.67. The van der Waals surface area contributed by atoms with Gasteiger partial charge in [0, 0.05) is 17.9 Å². The number of alkyl halides is 3. The molecule has 0 fully saturated rings. The van der Waals surface area contributed by atoms with Gasteiger partial charge in [0.15, 0.2) is 0 Å². The van der Waals surface area contributed by atoms with Crippen LogP contribution in [0.15, 0.2) is 18.2 Å². The van der Waals surface area contributed by atoms with Crippen LogP contribution in [0.4, 0.5) is 29.3 Å². The van der Waals surface area contributed by atoms with E-state index in [1.807, 2.05) is 19.0 Å². The number of benzene rings is 1. The number of carbonyl (C=O) groups is 1.